The molecule has 1 amide bonds. The van der Waals surface area contributed by atoms with E-state index >= 15 is 0 Å². The Morgan fingerprint density at radius 3 is 2.13 bits per heavy atom. The number of aryl methyl sites for hydroxylation is 1. The highest BCUT2D eigenvalue weighted by Crippen LogP contribution is 2.34. The van der Waals surface area contributed by atoms with E-state index in [0.717, 1.165) is 44.9 Å². The summed E-state index contributed by atoms with van der Waals surface area (Å²) in [5.41, 5.74) is 7.84. The van der Waals surface area contributed by atoms with Gasteiger partial charge in [0, 0.05) is 32.3 Å². The molecule has 0 N–H and O–H groups in total. The number of hydrazone groups is 1. The summed E-state index contributed by atoms with van der Waals surface area (Å²) in [6.45, 7) is 4.09. The monoisotopic (exact) mass is 410 g/mol. The van der Waals surface area contributed by atoms with Crippen LogP contribution in [-0.2, 0) is 4.79 Å². The number of amides is 1. The maximum Gasteiger partial charge on any atom is 0.320 e. The quantitative estimate of drug-likeness (QED) is 0.450. The maximum atomic E-state index is 13.8. The summed E-state index contributed by atoms with van der Waals surface area (Å²) in [6, 6.07) is 26.5. The second-order valence-corrected chi connectivity index (χ2v) is 8.12. The van der Waals surface area contributed by atoms with E-state index in [-0.39, 0.29) is 5.91 Å². The number of benzene rings is 3. The first kappa shape index (κ1) is 20.6. The zero-order valence-corrected chi connectivity index (χ0v) is 18.8. The standard InChI is InChI=1S/C27H28N3O/c1-19-10-9-11-22(18-19)26(21-14-16-23(17-15-21)28(3)4)25-20(2)29(5)30(27(25)31)24-12-7-6-8-13-24/h6-18H,1-5H3/q+1. The van der Waals surface area contributed by atoms with Crippen LogP contribution in [0.5, 0.6) is 0 Å². The van der Waals surface area contributed by atoms with Crippen LogP contribution in [0.15, 0.2) is 84.4 Å². The molecule has 0 aromatic heterocycles. The summed E-state index contributed by atoms with van der Waals surface area (Å²) < 4.78 is 1.94. The van der Waals surface area contributed by atoms with Gasteiger partial charge in [0.1, 0.15) is 11.3 Å². The van der Waals surface area contributed by atoms with Crippen LogP contribution < -0.4 is 9.91 Å². The van der Waals surface area contributed by atoms with Gasteiger partial charge in [-0.2, -0.15) is 0 Å². The molecule has 3 aromatic carbocycles. The van der Waals surface area contributed by atoms with Crippen molar-refractivity contribution in [3.63, 3.8) is 0 Å². The minimum absolute atomic E-state index is 0.0145. The number of anilines is 2. The molecule has 0 spiro atoms. The van der Waals surface area contributed by atoms with Gasteiger partial charge in [0.25, 0.3) is 0 Å². The van der Waals surface area contributed by atoms with Gasteiger partial charge in [-0.1, -0.05) is 65.2 Å². The Labute approximate surface area is 184 Å². The van der Waals surface area contributed by atoms with Crippen molar-refractivity contribution in [1.82, 2.24) is 0 Å². The van der Waals surface area contributed by atoms with E-state index in [1.165, 1.54) is 0 Å². The summed E-state index contributed by atoms with van der Waals surface area (Å²) in [5.74, 6) is -0.0145. The summed E-state index contributed by atoms with van der Waals surface area (Å²) >= 11 is 0. The molecular weight excluding hydrogens is 382 g/mol. The number of hydrogen-bond donors (Lipinski definition) is 0. The first-order valence-corrected chi connectivity index (χ1v) is 10.4. The molecule has 4 nitrogen and oxygen atoms in total. The lowest BCUT2D eigenvalue weighted by atomic mass is 9.90. The molecule has 0 saturated carbocycles. The van der Waals surface area contributed by atoms with Crippen molar-refractivity contribution in [3.8, 4) is 0 Å². The lowest BCUT2D eigenvalue weighted by molar-refractivity contribution is -0.495. The highest BCUT2D eigenvalue weighted by molar-refractivity contribution is 6.31. The van der Waals surface area contributed by atoms with Gasteiger partial charge in [-0.15, -0.1) is 4.68 Å². The Balaban J connectivity index is 1.95. The van der Waals surface area contributed by atoms with Gasteiger partial charge in [0.2, 0.25) is 5.71 Å². The highest BCUT2D eigenvalue weighted by Gasteiger charge is 2.42. The Bertz CT molecular complexity index is 1190. The van der Waals surface area contributed by atoms with Crippen LogP contribution in [0.1, 0.15) is 23.6 Å². The van der Waals surface area contributed by atoms with Crippen LogP contribution in [0.3, 0.4) is 0 Å². The number of nitrogens with zero attached hydrogens (tertiary/aromatic N) is 3. The van der Waals surface area contributed by atoms with E-state index in [4.69, 9.17) is 0 Å². The van der Waals surface area contributed by atoms with Crippen LogP contribution in [0.2, 0.25) is 0 Å². The number of carbonyl (C=O) groups excluding carboxylic acids is 1. The molecule has 0 saturated heterocycles. The molecule has 0 radical (unpaired) electrons. The summed E-state index contributed by atoms with van der Waals surface area (Å²) in [4.78, 5) is 15.8. The van der Waals surface area contributed by atoms with Gasteiger partial charge in [0.15, 0.2) is 7.05 Å². The zero-order valence-electron chi connectivity index (χ0n) is 18.8. The minimum Gasteiger partial charge on any atom is -0.378 e. The van der Waals surface area contributed by atoms with Crippen molar-refractivity contribution < 1.29 is 9.48 Å². The second-order valence-electron chi connectivity index (χ2n) is 8.12. The SMILES string of the molecule is CC1=[N+](C)N(c2ccccc2)C(=O)C1=C(c1ccc(N(C)C)cc1)c1cccc(C)c1. The van der Waals surface area contributed by atoms with Crippen molar-refractivity contribution in [2.75, 3.05) is 31.1 Å². The molecule has 156 valence electrons. The summed E-state index contributed by atoms with van der Waals surface area (Å²) in [5, 5.41) is 1.74. The maximum absolute atomic E-state index is 13.8. The second kappa shape index (κ2) is 8.23. The van der Waals surface area contributed by atoms with Crippen LogP contribution in [0.4, 0.5) is 11.4 Å². The predicted octanol–water partition coefficient (Wildman–Crippen LogP) is 4.93. The lowest BCUT2D eigenvalue weighted by Crippen LogP contribution is -2.33. The number of hydrogen-bond acceptors (Lipinski definition) is 2. The fourth-order valence-corrected chi connectivity index (χ4v) is 4.04. The summed E-state index contributed by atoms with van der Waals surface area (Å²) in [7, 11) is 6.00. The topological polar surface area (TPSA) is 26.6 Å². The van der Waals surface area contributed by atoms with Crippen molar-refractivity contribution in [1.29, 1.82) is 0 Å². The van der Waals surface area contributed by atoms with Crippen LogP contribution in [0.25, 0.3) is 5.57 Å². The van der Waals surface area contributed by atoms with E-state index < -0.39 is 0 Å². The molecule has 4 rings (SSSR count). The van der Waals surface area contributed by atoms with Gasteiger partial charge < -0.3 is 4.90 Å². The molecule has 3 aromatic rings. The van der Waals surface area contributed by atoms with Crippen molar-refractivity contribution in [2.45, 2.75) is 13.8 Å². The van der Waals surface area contributed by atoms with Gasteiger partial charge in [-0.25, -0.2) is 0 Å². The molecule has 4 heteroatoms. The third-order valence-electron chi connectivity index (χ3n) is 5.78. The number of hydrazine groups is 1. The van der Waals surface area contributed by atoms with Crippen LogP contribution in [0, 0.1) is 6.92 Å². The Morgan fingerprint density at radius 1 is 0.839 bits per heavy atom. The third kappa shape index (κ3) is 3.77. The van der Waals surface area contributed by atoms with E-state index in [2.05, 4.69) is 54.3 Å². The van der Waals surface area contributed by atoms with Gasteiger partial charge in [-0.3, -0.25) is 4.79 Å². The average Bonchev–Trinajstić information content (AvgIpc) is 2.98. The van der Waals surface area contributed by atoms with Gasteiger partial charge in [-0.05, 0) is 42.3 Å². The van der Waals surface area contributed by atoms with Gasteiger partial charge in [0.05, 0.1) is 0 Å². The summed E-state index contributed by atoms with van der Waals surface area (Å²) in [6.07, 6.45) is 0. The number of rotatable bonds is 4. The van der Waals surface area contributed by atoms with Crippen LogP contribution >= 0.6 is 0 Å². The van der Waals surface area contributed by atoms with Crippen molar-refractivity contribution in [2.24, 2.45) is 0 Å². The Morgan fingerprint density at radius 2 is 1.52 bits per heavy atom. The van der Waals surface area contributed by atoms with Crippen molar-refractivity contribution in [3.05, 3.63) is 101 Å². The first-order valence-electron chi connectivity index (χ1n) is 10.4. The fourth-order valence-electron chi connectivity index (χ4n) is 4.04. The molecule has 31 heavy (non-hydrogen) atoms. The normalized spacial score (nSPS) is 15.5. The molecular formula is C27H28N3O+. The van der Waals surface area contributed by atoms with E-state index in [9.17, 15) is 4.79 Å². The molecule has 1 heterocycles. The smallest absolute Gasteiger partial charge is 0.320 e. The average molecular weight is 411 g/mol. The molecule has 0 fully saturated rings. The highest BCUT2D eigenvalue weighted by atomic mass is 16.2. The first-order chi connectivity index (χ1) is 14.9. The van der Waals surface area contributed by atoms with E-state index in [1.807, 2.05) is 69.1 Å². The molecule has 0 unspecified atom stereocenters. The largest absolute Gasteiger partial charge is 0.378 e. The minimum atomic E-state index is -0.0145. The Kier molecular flexibility index (Phi) is 5.47. The lowest BCUT2D eigenvalue weighted by Gasteiger charge is -2.16. The van der Waals surface area contributed by atoms with E-state index in [0.29, 0.717) is 0 Å². The molecule has 0 bridgehead atoms. The van der Waals surface area contributed by atoms with E-state index in [1.54, 1.807) is 5.01 Å². The third-order valence-corrected chi connectivity index (χ3v) is 5.78. The molecule has 0 aliphatic carbocycles. The molecule has 1 aliphatic rings. The predicted molar refractivity (Wildman–Crippen MR) is 129 cm³/mol. The molecule has 1 aliphatic heterocycles. The zero-order chi connectivity index (χ0) is 22.1. The van der Waals surface area contributed by atoms with Gasteiger partial charge >= 0.3 is 5.91 Å². The number of para-hydroxylation sites is 1. The number of carbonyl (C=O) groups is 1. The van der Waals surface area contributed by atoms with Crippen LogP contribution in [-0.4, -0.2) is 37.4 Å². The molecule has 0 atom stereocenters. The Hall–Kier alpha value is -3.66. The van der Waals surface area contributed by atoms with Crippen molar-refractivity contribution >= 4 is 28.6 Å². The fraction of sp³-hybridized carbons (Fsp3) is 0.185.